The van der Waals surface area contributed by atoms with Crippen LogP contribution in [0.4, 0.5) is 0 Å². The SMILES string of the molecule is c1ccc(-c2nc(-n3c4ccccc4c4cc(-n5c6ccc7ccccc7c6c6c7ccccc7ccc65)ccc43)nc3ccccc23)cc1.c1ccc(-n2c3ccccc3c3ccc(-c4nc5ccccc5nc4-n4c5ccc6ccccc6c5c5c6ccccc6ccc54)cc32)cc1.c1ccc2cc(-c3ccc(-c4nc5ccccc5nc4-n4c5ccc6ccccc6c5c5c6ccccc6ccc54)cc3)ccc2c1. The molecule has 8 heterocycles. The zero-order chi connectivity index (χ0) is 96.4. The second-order valence-electron chi connectivity index (χ2n) is 38.2. The van der Waals surface area contributed by atoms with E-state index in [9.17, 15) is 0 Å². The molecule has 8 aromatic heterocycles. The number of para-hydroxylation sites is 8. The highest BCUT2D eigenvalue weighted by atomic mass is 15.2. The Morgan fingerprint density at radius 3 is 0.918 bits per heavy atom. The lowest BCUT2D eigenvalue weighted by atomic mass is 9.99. The van der Waals surface area contributed by atoms with Crippen molar-refractivity contribution >= 4 is 217 Å². The zero-order valence-corrected chi connectivity index (χ0v) is 79.3. The summed E-state index contributed by atoms with van der Waals surface area (Å²) >= 11 is 0. The predicted octanol–water partition coefficient (Wildman–Crippen LogP) is 35.1. The molecule has 24 aromatic carbocycles. The van der Waals surface area contributed by atoms with Gasteiger partial charge in [0, 0.05) is 87.3 Å². The van der Waals surface area contributed by atoms with E-state index in [1.807, 2.05) is 42.5 Å². The number of hydrogen-bond donors (Lipinski definition) is 0. The molecule has 147 heavy (non-hydrogen) atoms. The first kappa shape index (κ1) is 83.0. The fraction of sp³-hybridized carbons (Fsp3) is 0. The quantitative estimate of drug-likeness (QED) is 0.143. The lowest BCUT2D eigenvalue weighted by Gasteiger charge is -2.15. The largest absolute Gasteiger partial charge is 0.309 e. The average molecular weight is 1870 g/mol. The third kappa shape index (κ3) is 13.2. The summed E-state index contributed by atoms with van der Waals surface area (Å²) in [6, 6.07) is 180. The molecule has 32 rings (SSSR count). The third-order valence-electron chi connectivity index (χ3n) is 30.1. The van der Waals surface area contributed by atoms with Crippen molar-refractivity contribution in [2.75, 3.05) is 0 Å². The molecule has 0 aliphatic carbocycles. The summed E-state index contributed by atoms with van der Waals surface area (Å²) in [5.41, 5.74) is 26.1. The summed E-state index contributed by atoms with van der Waals surface area (Å²) in [5, 5.41) is 30.6. The highest BCUT2D eigenvalue weighted by Gasteiger charge is 2.29. The van der Waals surface area contributed by atoms with Gasteiger partial charge in [0.05, 0.1) is 88.4 Å². The molecular weight excluding hydrogens is 1790 g/mol. The minimum atomic E-state index is 0.663. The standard InChI is InChI=1S/2C46H28N4.C44H27N3/c1-2-14-32(15-3-1)49-39-21-11-8-18-35(39)36-25-22-31(28-42(36)49)45-46(48-38-20-10-9-19-37(38)47-45)50-40-26-23-29-12-4-6-16-33(29)43(40)44-34-17-7-5-13-30(34)24-27-41(44)50;1-2-14-31(15-3-1)45-36-19-8-10-20-38(36)47-46(48-45)50-39-21-11-9-18-35(39)37-28-32(24-27-40(37)50)49-41-25-22-29-12-4-6-16-33(29)43(41)44-34-17-7-5-13-30(34)23-26-42(44)49;1-2-12-33-27-34(22-19-28(33)9-1)29-17-20-32(21-18-29)43-44(46-38-16-8-7-15-37(38)45-43)47-39-25-23-30-10-3-5-13-35(30)41(39)42-36-14-6-4-11-31(36)24-26-40(42)47/h2*1-28H;1-27H. The zero-order valence-electron chi connectivity index (χ0n) is 79.3. The highest BCUT2D eigenvalue weighted by molar-refractivity contribution is 6.32. The summed E-state index contributed by atoms with van der Waals surface area (Å²) in [4.78, 5) is 32.0. The molecule has 0 N–H and O–H groups in total. The van der Waals surface area contributed by atoms with E-state index >= 15 is 0 Å². The Kier molecular flexibility index (Phi) is 18.9. The van der Waals surface area contributed by atoms with Crippen LogP contribution in [-0.4, -0.2) is 52.7 Å². The molecule has 0 atom stereocenters. The van der Waals surface area contributed by atoms with Crippen LogP contribution in [0.15, 0.2) is 504 Å². The van der Waals surface area contributed by atoms with Crippen LogP contribution in [0.1, 0.15) is 0 Å². The van der Waals surface area contributed by atoms with E-state index in [2.05, 4.69) is 484 Å². The van der Waals surface area contributed by atoms with Gasteiger partial charge in [-0.2, -0.15) is 0 Å². The number of hydrogen-bond acceptors (Lipinski definition) is 6. The van der Waals surface area contributed by atoms with Gasteiger partial charge in [-0.05, 0) is 208 Å². The first-order valence-electron chi connectivity index (χ1n) is 50.0. The summed E-state index contributed by atoms with van der Waals surface area (Å²) in [6.45, 7) is 0. The van der Waals surface area contributed by atoms with Crippen molar-refractivity contribution in [2.45, 2.75) is 0 Å². The molecule has 0 amide bonds. The maximum absolute atomic E-state index is 5.45. The maximum atomic E-state index is 5.45. The van der Waals surface area contributed by atoms with Gasteiger partial charge in [0.1, 0.15) is 11.4 Å². The third-order valence-corrected chi connectivity index (χ3v) is 30.1. The molecule has 0 unspecified atom stereocenters. The smallest absolute Gasteiger partial charge is 0.235 e. The normalized spacial score (nSPS) is 11.9. The molecule has 11 heteroatoms. The van der Waals surface area contributed by atoms with E-state index < -0.39 is 0 Å². The molecule has 11 nitrogen and oxygen atoms in total. The Balaban J connectivity index is 0.000000102. The van der Waals surface area contributed by atoms with E-state index in [1.165, 1.54) is 152 Å². The molecule has 0 aliphatic rings. The van der Waals surface area contributed by atoms with E-state index in [1.54, 1.807) is 0 Å². The van der Waals surface area contributed by atoms with Crippen molar-refractivity contribution in [1.29, 1.82) is 0 Å². The van der Waals surface area contributed by atoms with Crippen LogP contribution in [0.5, 0.6) is 0 Å². The molecule has 682 valence electrons. The van der Waals surface area contributed by atoms with E-state index in [-0.39, 0.29) is 0 Å². The average Bonchev–Trinajstić information content (AvgIpc) is 1.31. The van der Waals surface area contributed by atoms with Gasteiger partial charge < -0.3 is 9.13 Å². The Morgan fingerprint density at radius 2 is 0.442 bits per heavy atom. The molecular formula is C136H83N11. The summed E-state index contributed by atoms with van der Waals surface area (Å²) in [7, 11) is 0. The number of rotatable bonds is 9. The Hall–Kier alpha value is -19.9. The predicted molar refractivity (Wildman–Crippen MR) is 615 cm³/mol. The molecule has 0 saturated carbocycles. The van der Waals surface area contributed by atoms with E-state index in [4.69, 9.17) is 29.9 Å². The summed E-state index contributed by atoms with van der Waals surface area (Å²) < 4.78 is 11.7. The molecule has 0 radical (unpaired) electrons. The van der Waals surface area contributed by atoms with Gasteiger partial charge in [-0.25, -0.2) is 29.9 Å². The lowest BCUT2D eigenvalue weighted by molar-refractivity contribution is 1.01. The van der Waals surface area contributed by atoms with E-state index in [0.29, 0.717) is 5.95 Å². The first-order chi connectivity index (χ1) is 72.9. The molecule has 0 aliphatic heterocycles. The number of aromatic nitrogens is 11. The van der Waals surface area contributed by atoms with Crippen molar-refractivity contribution in [3.63, 3.8) is 0 Å². The van der Waals surface area contributed by atoms with Crippen LogP contribution in [0, 0.1) is 0 Å². The van der Waals surface area contributed by atoms with Crippen molar-refractivity contribution in [1.82, 2.24) is 52.7 Å². The molecule has 0 fully saturated rings. The van der Waals surface area contributed by atoms with Crippen molar-refractivity contribution in [2.24, 2.45) is 0 Å². The highest BCUT2D eigenvalue weighted by Crippen LogP contribution is 2.49. The van der Waals surface area contributed by atoms with Gasteiger partial charge in [0.25, 0.3) is 0 Å². The van der Waals surface area contributed by atoms with Crippen LogP contribution in [0.2, 0.25) is 0 Å². The van der Waals surface area contributed by atoms with Gasteiger partial charge >= 0.3 is 0 Å². The second-order valence-corrected chi connectivity index (χ2v) is 38.2. The van der Waals surface area contributed by atoms with Crippen LogP contribution >= 0.6 is 0 Å². The Bertz CT molecular complexity index is 10900. The van der Waals surface area contributed by atoms with Crippen LogP contribution in [-0.2, 0) is 0 Å². The summed E-state index contributed by atoms with van der Waals surface area (Å²) in [6.07, 6.45) is 0. The fourth-order valence-corrected chi connectivity index (χ4v) is 23.5. The lowest BCUT2D eigenvalue weighted by Crippen LogP contribution is -2.04. The second kappa shape index (κ2) is 33.4. The van der Waals surface area contributed by atoms with Crippen LogP contribution in [0.25, 0.3) is 291 Å². The molecule has 0 spiro atoms. The summed E-state index contributed by atoms with van der Waals surface area (Å²) in [5.74, 6) is 2.31. The number of fused-ring (bicyclic) bond motifs is 31. The first-order valence-corrected chi connectivity index (χ1v) is 50.0. The van der Waals surface area contributed by atoms with Crippen molar-refractivity contribution in [3.8, 4) is 73.9 Å². The minimum Gasteiger partial charge on any atom is -0.309 e. The molecule has 32 aromatic rings. The monoisotopic (exact) mass is 1870 g/mol. The maximum Gasteiger partial charge on any atom is 0.235 e. The van der Waals surface area contributed by atoms with Gasteiger partial charge in [0.15, 0.2) is 11.6 Å². The topological polar surface area (TPSA) is 102 Å². The minimum absolute atomic E-state index is 0.663. The van der Waals surface area contributed by atoms with Crippen LogP contribution in [0.3, 0.4) is 0 Å². The van der Waals surface area contributed by atoms with E-state index in [0.717, 1.165) is 134 Å². The van der Waals surface area contributed by atoms with Gasteiger partial charge in [0.2, 0.25) is 5.95 Å². The van der Waals surface area contributed by atoms with Gasteiger partial charge in [-0.3, -0.25) is 13.7 Å². The van der Waals surface area contributed by atoms with Gasteiger partial charge in [-0.1, -0.05) is 382 Å². The molecule has 0 bridgehead atoms. The van der Waals surface area contributed by atoms with Crippen molar-refractivity contribution < 1.29 is 0 Å². The number of nitrogens with zero attached hydrogens (tertiary/aromatic N) is 11. The molecule has 0 saturated heterocycles. The number of benzene rings is 24. The Morgan fingerprint density at radius 1 is 0.129 bits per heavy atom. The van der Waals surface area contributed by atoms with Crippen LogP contribution < -0.4 is 0 Å². The van der Waals surface area contributed by atoms with Gasteiger partial charge in [-0.15, -0.1) is 0 Å². The Labute approximate surface area is 841 Å². The fourth-order valence-electron chi connectivity index (χ4n) is 23.5. The van der Waals surface area contributed by atoms with Crippen molar-refractivity contribution in [3.05, 3.63) is 504 Å².